The van der Waals surface area contributed by atoms with Gasteiger partial charge in [-0.05, 0) is 39.8 Å². The van der Waals surface area contributed by atoms with Gasteiger partial charge in [-0.15, -0.1) is 11.3 Å². The van der Waals surface area contributed by atoms with Crippen LogP contribution in [0, 0.1) is 5.82 Å². The van der Waals surface area contributed by atoms with Crippen molar-refractivity contribution in [3.05, 3.63) is 40.5 Å². The zero-order chi connectivity index (χ0) is 22.1. The van der Waals surface area contributed by atoms with E-state index in [1.165, 1.54) is 34.6 Å². The van der Waals surface area contributed by atoms with Crippen LogP contribution in [-0.4, -0.2) is 40.5 Å². The average molecular weight is 434 g/mol. The van der Waals surface area contributed by atoms with Crippen LogP contribution >= 0.6 is 11.3 Å². The molecule has 1 aliphatic heterocycles. The molecule has 2 amide bonds. The van der Waals surface area contributed by atoms with Crippen molar-refractivity contribution in [1.82, 2.24) is 15.2 Å². The van der Waals surface area contributed by atoms with Gasteiger partial charge in [0.25, 0.3) is 0 Å². The Morgan fingerprint density at radius 1 is 1.37 bits per heavy atom. The molecular formula is C20H24FN5O3S. The van der Waals surface area contributed by atoms with Gasteiger partial charge >= 0.3 is 6.09 Å². The number of carbonyl (C=O) groups is 2. The van der Waals surface area contributed by atoms with Crippen LogP contribution in [0.1, 0.15) is 39.0 Å². The molecular weight excluding hydrogens is 409 g/mol. The van der Waals surface area contributed by atoms with Crippen LogP contribution in [0.25, 0.3) is 0 Å². The summed E-state index contributed by atoms with van der Waals surface area (Å²) in [6.07, 6.45) is 0.831. The number of pyridine rings is 1. The molecule has 0 saturated heterocycles. The van der Waals surface area contributed by atoms with Crippen molar-refractivity contribution in [2.75, 3.05) is 12.4 Å². The fourth-order valence-corrected chi connectivity index (χ4v) is 3.78. The lowest BCUT2D eigenvalue weighted by Gasteiger charge is -2.34. The van der Waals surface area contributed by atoms with Crippen molar-refractivity contribution in [3.63, 3.8) is 0 Å². The number of aromatic nitrogens is 1. The molecule has 2 aromatic rings. The highest BCUT2D eigenvalue weighted by atomic mass is 32.1. The number of nitrogens with zero attached hydrogens (tertiary/aromatic N) is 3. The molecule has 10 heteroatoms. The monoisotopic (exact) mass is 433 g/mol. The Morgan fingerprint density at radius 3 is 2.77 bits per heavy atom. The van der Waals surface area contributed by atoms with Crippen molar-refractivity contribution in [3.8, 4) is 0 Å². The van der Waals surface area contributed by atoms with Crippen LogP contribution in [0.15, 0.2) is 34.8 Å². The van der Waals surface area contributed by atoms with Gasteiger partial charge in [0.1, 0.15) is 22.8 Å². The summed E-state index contributed by atoms with van der Waals surface area (Å²) < 4.78 is 18.6. The van der Waals surface area contributed by atoms with Crippen molar-refractivity contribution >= 4 is 40.8 Å². The van der Waals surface area contributed by atoms with Gasteiger partial charge < -0.3 is 10.1 Å². The molecule has 1 atom stereocenters. The summed E-state index contributed by atoms with van der Waals surface area (Å²) in [6.45, 7) is 7.08. The lowest BCUT2D eigenvalue weighted by Crippen LogP contribution is -2.52. The first-order valence-corrected chi connectivity index (χ1v) is 10.2. The van der Waals surface area contributed by atoms with Gasteiger partial charge in [-0.3, -0.25) is 15.0 Å². The topological polar surface area (TPSA) is 95.9 Å². The zero-order valence-corrected chi connectivity index (χ0v) is 18.3. The Hall–Kier alpha value is -3.01. The van der Waals surface area contributed by atoms with E-state index in [1.54, 1.807) is 27.8 Å². The smallest absolute Gasteiger partial charge is 0.414 e. The first-order chi connectivity index (χ1) is 13.9. The van der Waals surface area contributed by atoms with E-state index in [-0.39, 0.29) is 18.3 Å². The molecule has 0 aliphatic carbocycles. The minimum absolute atomic E-state index is 0.123. The number of guanidine groups is 1. The SMILES string of the molecule is CN1C(=O)C[C@@](C)(c2cc(Nc3cc(F)ccn3)cs2)N=C1NC(=O)OC(C)(C)C. The van der Waals surface area contributed by atoms with Crippen molar-refractivity contribution in [1.29, 1.82) is 0 Å². The Labute approximate surface area is 178 Å². The molecule has 0 unspecified atom stereocenters. The van der Waals surface area contributed by atoms with Gasteiger partial charge in [-0.1, -0.05) is 0 Å². The summed E-state index contributed by atoms with van der Waals surface area (Å²) in [5.74, 6) is -0.0796. The van der Waals surface area contributed by atoms with Crippen molar-refractivity contribution < 1.29 is 18.7 Å². The predicted octanol–water partition coefficient (Wildman–Crippen LogP) is 3.98. The van der Waals surface area contributed by atoms with E-state index >= 15 is 0 Å². The van der Waals surface area contributed by atoms with E-state index in [1.807, 2.05) is 18.4 Å². The standard InChI is InChI=1S/C20H24FN5O3S/c1-19(2,3)29-18(28)24-17-25-20(4,10-16(27)26(17)5)14-9-13(11-30-14)23-15-8-12(21)6-7-22-15/h6-9,11H,10H2,1-5H3,(H,22,23)(H,24,25,28)/t20-/m0/s1. The molecule has 0 radical (unpaired) electrons. The third-order valence-corrected chi connectivity index (χ3v) is 5.46. The molecule has 2 N–H and O–H groups in total. The highest BCUT2D eigenvalue weighted by molar-refractivity contribution is 7.10. The number of halogens is 1. The summed E-state index contributed by atoms with van der Waals surface area (Å²) in [7, 11) is 1.55. The number of anilines is 2. The Bertz CT molecular complexity index is 1000. The first-order valence-electron chi connectivity index (χ1n) is 9.29. The maximum atomic E-state index is 13.4. The first kappa shape index (κ1) is 21.7. The van der Waals surface area contributed by atoms with E-state index in [0.29, 0.717) is 11.5 Å². The zero-order valence-electron chi connectivity index (χ0n) is 17.4. The van der Waals surface area contributed by atoms with E-state index in [4.69, 9.17) is 4.74 Å². The van der Waals surface area contributed by atoms with Gasteiger partial charge in [0.15, 0.2) is 0 Å². The molecule has 0 saturated carbocycles. The normalized spacial score (nSPS) is 19.3. The molecule has 2 aromatic heterocycles. The number of aliphatic imine (C=N–C) groups is 1. The third kappa shape index (κ3) is 5.12. The highest BCUT2D eigenvalue weighted by Crippen LogP contribution is 2.38. The number of ether oxygens (including phenoxy) is 1. The summed E-state index contributed by atoms with van der Waals surface area (Å²) in [5, 5.41) is 7.44. The minimum atomic E-state index is -0.867. The predicted molar refractivity (Wildman–Crippen MR) is 113 cm³/mol. The van der Waals surface area contributed by atoms with Gasteiger partial charge in [0, 0.05) is 29.6 Å². The quantitative estimate of drug-likeness (QED) is 0.763. The number of carbonyl (C=O) groups excluding carboxylic acids is 2. The van der Waals surface area contributed by atoms with Gasteiger partial charge in [-0.25, -0.2) is 19.2 Å². The lowest BCUT2D eigenvalue weighted by molar-refractivity contribution is -0.128. The molecule has 0 aromatic carbocycles. The third-order valence-electron chi connectivity index (χ3n) is 4.28. The van der Waals surface area contributed by atoms with Crippen LogP contribution in [0.3, 0.4) is 0 Å². The maximum absolute atomic E-state index is 13.4. The van der Waals surface area contributed by atoms with Crippen LogP contribution < -0.4 is 10.6 Å². The van der Waals surface area contributed by atoms with Gasteiger partial charge in [-0.2, -0.15) is 0 Å². The maximum Gasteiger partial charge on any atom is 0.414 e. The second kappa shape index (κ2) is 8.02. The molecule has 3 heterocycles. The number of amides is 2. The highest BCUT2D eigenvalue weighted by Gasteiger charge is 2.39. The number of hydrogen-bond donors (Lipinski definition) is 2. The van der Waals surface area contributed by atoms with Crippen LogP contribution in [0.4, 0.5) is 20.7 Å². The van der Waals surface area contributed by atoms with E-state index in [2.05, 4.69) is 20.6 Å². The van der Waals surface area contributed by atoms with Crippen molar-refractivity contribution in [2.24, 2.45) is 4.99 Å². The van der Waals surface area contributed by atoms with Gasteiger partial charge in [0.05, 0.1) is 12.1 Å². The Morgan fingerprint density at radius 2 is 2.10 bits per heavy atom. The Kier molecular flexibility index (Phi) is 5.80. The fourth-order valence-electron chi connectivity index (χ4n) is 2.83. The summed E-state index contributed by atoms with van der Waals surface area (Å²) in [5.41, 5.74) is -0.837. The number of thiophene rings is 1. The molecule has 0 spiro atoms. The molecule has 30 heavy (non-hydrogen) atoms. The van der Waals surface area contributed by atoms with Crippen LogP contribution in [0.2, 0.25) is 0 Å². The van der Waals surface area contributed by atoms with E-state index in [9.17, 15) is 14.0 Å². The molecule has 0 bridgehead atoms. The summed E-state index contributed by atoms with van der Waals surface area (Å²) in [6, 6.07) is 4.40. The number of hydrogen-bond acceptors (Lipinski definition) is 7. The fraction of sp³-hybridized carbons (Fsp3) is 0.400. The molecule has 3 rings (SSSR count). The Balaban J connectivity index is 1.83. The lowest BCUT2D eigenvalue weighted by atomic mass is 9.94. The molecule has 0 fully saturated rings. The van der Waals surface area contributed by atoms with E-state index in [0.717, 1.165) is 4.88 Å². The van der Waals surface area contributed by atoms with E-state index < -0.39 is 23.1 Å². The van der Waals surface area contributed by atoms with Crippen LogP contribution in [-0.2, 0) is 15.1 Å². The average Bonchev–Trinajstić information content (AvgIpc) is 3.07. The minimum Gasteiger partial charge on any atom is -0.444 e. The molecule has 8 nitrogen and oxygen atoms in total. The second-order valence-electron chi connectivity index (χ2n) is 8.15. The largest absolute Gasteiger partial charge is 0.444 e. The van der Waals surface area contributed by atoms with Gasteiger partial charge in [0.2, 0.25) is 11.9 Å². The number of alkyl carbamates (subject to hydrolysis) is 1. The van der Waals surface area contributed by atoms with Crippen molar-refractivity contribution in [2.45, 2.75) is 45.3 Å². The number of rotatable bonds is 3. The number of nitrogens with one attached hydrogen (secondary N) is 2. The van der Waals surface area contributed by atoms with Crippen LogP contribution in [0.5, 0.6) is 0 Å². The summed E-state index contributed by atoms with van der Waals surface area (Å²) in [4.78, 5) is 35.6. The molecule has 160 valence electrons. The summed E-state index contributed by atoms with van der Waals surface area (Å²) >= 11 is 1.41. The molecule has 1 aliphatic rings. The second-order valence-corrected chi connectivity index (χ2v) is 9.06.